The maximum atomic E-state index is 12.4. The van der Waals surface area contributed by atoms with E-state index in [9.17, 15) is 14.4 Å². The van der Waals surface area contributed by atoms with Gasteiger partial charge in [0.1, 0.15) is 12.6 Å². The maximum absolute atomic E-state index is 12.4. The lowest BCUT2D eigenvalue weighted by atomic mass is 10.1. The van der Waals surface area contributed by atoms with E-state index in [1.807, 2.05) is 6.08 Å². The van der Waals surface area contributed by atoms with Crippen molar-refractivity contribution in [3.05, 3.63) is 60.8 Å². The van der Waals surface area contributed by atoms with Crippen molar-refractivity contribution in [2.75, 3.05) is 6.54 Å². The summed E-state index contributed by atoms with van der Waals surface area (Å²) in [6.45, 7) is 3.93. The van der Waals surface area contributed by atoms with Crippen molar-refractivity contribution in [1.29, 1.82) is 0 Å². The summed E-state index contributed by atoms with van der Waals surface area (Å²) in [6.07, 6.45) is 35.2. The van der Waals surface area contributed by atoms with Crippen LogP contribution >= 0.6 is 0 Å². The van der Waals surface area contributed by atoms with E-state index < -0.39 is 5.97 Å². The van der Waals surface area contributed by atoms with Gasteiger partial charge in [-0.15, -0.1) is 0 Å². The molecule has 1 amide bonds. The first-order valence-corrected chi connectivity index (χ1v) is 14.9. The van der Waals surface area contributed by atoms with Crippen LogP contribution in [0.5, 0.6) is 0 Å². The number of hydrogen-bond acceptors (Lipinski definition) is 4. The number of unbranched alkanes of at least 4 members (excludes halogenated alkanes) is 6. The van der Waals surface area contributed by atoms with Crippen LogP contribution in [-0.4, -0.2) is 35.6 Å². The van der Waals surface area contributed by atoms with Crippen LogP contribution in [-0.2, 0) is 19.1 Å². The van der Waals surface area contributed by atoms with Crippen LogP contribution < -0.4 is 5.32 Å². The van der Waals surface area contributed by atoms with Gasteiger partial charge < -0.3 is 15.2 Å². The minimum absolute atomic E-state index is 0.138. The number of hydrogen-bond donors (Lipinski definition) is 2. The highest BCUT2D eigenvalue weighted by molar-refractivity contribution is 5.80. The average molecular weight is 544 g/mol. The first-order chi connectivity index (χ1) is 19.0. The highest BCUT2D eigenvalue weighted by Crippen LogP contribution is 2.13. The zero-order chi connectivity index (χ0) is 28.8. The van der Waals surface area contributed by atoms with Crippen molar-refractivity contribution in [2.45, 2.75) is 123 Å². The zero-order valence-electron chi connectivity index (χ0n) is 24.5. The molecule has 1 unspecified atom stereocenters. The molecule has 0 aliphatic rings. The Morgan fingerprint density at radius 3 is 1.97 bits per heavy atom. The second-order valence-corrected chi connectivity index (χ2v) is 9.62. The predicted octanol–water partition coefficient (Wildman–Crippen LogP) is 8.16. The third-order valence-electron chi connectivity index (χ3n) is 5.89. The minimum atomic E-state index is -1.04. The first kappa shape index (κ1) is 36.1. The molecule has 6 nitrogen and oxygen atoms in total. The number of rotatable bonds is 25. The number of carbonyl (C=O) groups is 3. The van der Waals surface area contributed by atoms with Crippen molar-refractivity contribution in [1.82, 2.24) is 5.32 Å². The molecule has 39 heavy (non-hydrogen) atoms. The molecule has 2 N–H and O–H groups in total. The van der Waals surface area contributed by atoms with Crippen LogP contribution in [0, 0.1) is 0 Å². The summed E-state index contributed by atoms with van der Waals surface area (Å²) in [5.74, 6) is -1.40. The Morgan fingerprint density at radius 2 is 1.33 bits per heavy atom. The summed E-state index contributed by atoms with van der Waals surface area (Å²) in [4.78, 5) is 34.4. The fraction of sp³-hybridized carbons (Fsp3) is 0.606. The fourth-order valence-electron chi connectivity index (χ4n) is 3.71. The Balaban J connectivity index is 4.03. The topological polar surface area (TPSA) is 92.7 Å². The van der Waals surface area contributed by atoms with Crippen LogP contribution in [0.15, 0.2) is 60.8 Å². The molecule has 0 spiro atoms. The number of aliphatic carboxylic acids is 1. The number of ether oxygens (including phenoxy) is 1. The Kier molecular flexibility index (Phi) is 26.0. The van der Waals surface area contributed by atoms with Crippen LogP contribution in [0.25, 0.3) is 0 Å². The number of nitrogens with one attached hydrogen (secondary N) is 1. The molecule has 1 atom stereocenters. The number of amides is 1. The molecule has 0 fully saturated rings. The van der Waals surface area contributed by atoms with E-state index in [2.05, 4.69) is 73.8 Å². The molecular formula is C33H53NO5. The van der Waals surface area contributed by atoms with Gasteiger partial charge in [-0.1, -0.05) is 87.8 Å². The number of esters is 1. The summed E-state index contributed by atoms with van der Waals surface area (Å²) in [7, 11) is 0. The second kappa shape index (κ2) is 28.1. The van der Waals surface area contributed by atoms with E-state index in [-0.39, 0.29) is 24.5 Å². The summed E-state index contributed by atoms with van der Waals surface area (Å²) < 4.78 is 5.73. The van der Waals surface area contributed by atoms with Crippen molar-refractivity contribution in [2.24, 2.45) is 0 Å². The second-order valence-electron chi connectivity index (χ2n) is 9.62. The van der Waals surface area contributed by atoms with Gasteiger partial charge in [0, 0.05) is 12.8 Å². The van der Waals surface area contributed by atoms with Crippen LogP contribution in [0.3, 0.4) is 0 Å². The number of allylic oxidation sites excluding steroid dienone is 9. The van der Waals surface area contributed by atoms with Crippen molar-refractivity contribution in [3.8, 4) is 0 Å². The Bertz CT molecular complexity index is 779. The quantitative estimate of drug-likeness (QED) is 0.0688. The smallest absolute Gasteiger partial charge is 0.322 e. The Labute approximate surface area is 237 Å². The highest BCUT2D eigenvalue weighted by Gasteiger charge is 2.11. The standard InChI is InChI=1S/C33H53NO5/c1-3-5-7-8-9-10-11-12-13-14-15-16-17-18-24-28-33(38)39-30(25-21-6-4-2)26-22-19-20-23-27-31(35)34-29-32(36)37/h5,7,9-10,12-13,15-16,21,25,30H,3-4,6,8,11,14,17-20,22-24,26-29H2,1-2H3,(H,34,35)(H,36,37)/b7-5-,10-9-,13-12-,16-15-,25-21-. The summed E-state index contributed by atoms with van der Waals surface area (Å²) in [5, 5.41) is 11.0. The molecule has 0 bridgehead atoms. The first-order valence-electron chi connectivity index (χ1n) is 14.9. The summed E-state index contributed by atoms with van der Waals surface area (Å²) >= 11 is 0. The largest absolute Gasteiger partial charge is 0.480 e. The Morgan fingerprint density at radius 1 is 0.718 bits per heavy atom. The molecule has 0 aromatic rings. The van der Waals surface area contributed by atoms with Crippen molar-refractivity contribution >= 4 is 17.8 Å². The predicted molar refractivity (Wildman–Crippen MR) is 161 cm³/mol. The minimum Gasteiger partial charge on any atom is -0.480 e. The number of carboxylic acids is 1. The van der Waals surface area contributed by atoms with E-state index in [4.69, 9.17) is 9.84 Å². The SMILES string of the molecule is CC/C=C\C/C=C\C/C=C\C/C=C\CCCCC(=O)OC(/C=C\CCC)CCCCCCC(=O)NCC(=O)O. The third-order valence-corrected chi connectivity index (χ3v) is 5.89. The average Bonchev–Trinajstić information content (AvgIpc) is 2.91. The summed E-state index contributed by atoms with van der Waals surface area (Å²) in [5.41, 5.74) is 0. The molecule has 0 aromatic heterocycles. The molecule has 0 radical (unpaired) electrons. The molecule has 0 rings (SSSR count). The van der Waals surface area contributed by atoms with Gasteiger partial charge in [0.2, 0.25) is 5.91 Å². The molecule has 0 saturated heterocycles. The monoisotopic (exact) mass is 543 g/mol. The van der Waals surface area contributed by atoms with Crippen LogP contribution in [0.1, 0.15) is 117 Å². The van der Waals surface area contributed by atoms with Crippen LogP contribution in [0.4, 0.5) is 0 Å². The number of carbonyl (C=O) groups excluding carboxylic acids is 2. The van der Waals surface area contributed by atoms with Gasteiger partial charge in [-0.05, 0) is 76.7 Å². The fourth-order valence-corrected chi connectivity index (χ4v) is 3.71. The van der Waals surface area contributed by atoms with Gasteiger partial charge in [0.15, 0.2) is 0 Å². The molecule has 0 aliphatic heterocycles. The van der Waals surface area contributed by atoms with Gasteiger partial charge in [-0.25, -0.2) is 0 Å². The lowest BCUT2D eigenvalue weighted by Crippen LogP contribution is -2.28. The zero-order valence-corrected chi connectivity index (χ0v) is 24.5. The molecule has 0 aliphatic carbocycles. The lowest BCUT2D eigenvalue weighted by molar-refractivity contribution is -0.147. The van der Waals surface area contributed by atoms with Gasteiger partial charge in [0.25, 0.3) is 0 Å². The molecule has 220 valence electrons. The Hall–Kier alpha value is -2.89. The van der Waals surface area contributed by atoms with Crippen molar-refractivity contribution < 1.29 is 24.2 Å². The van der Waals surface area contributed by atoms with Gasteiger partial charge in [0.05, 0.1) is 0 Å². The van der Waals surface area contributed by atoms with Crippen molar-refractivity contribution in [3.63, 3.8) is 0 Å². The van der Waals surface area contributed by atoms with E-state index in [0.29, 0.717) is 12.8 Å². The third kappa shape index (κ3) is 27.9. The lowest BCUT2D eigenvalue weighted by Gasteiger charge is -2.14. The summed E-state index contributed by atoms with van der Waals surface area (Å²) in [6, 6.07) is 0. The molecule has 0 saturated carbocycles. The van der Waals surface area contributed by atoms with Gasteiger partial charge in [-0.3, -0.25) is 14.4 Å². The molecule has 0 aromatic carbocycles. The molecule has 0 heterocycles. The van der Waals surface area contributed by atoms with E-state index in [1.54, 1.807) is 0 Å². The van der Waals surface area contributed by atoms with E-state index in [1.165, 1.54) is 0 Å². The number of carboxylic acid groups (broad SMARTS) is 1. The highest BCUT2D eigenvalue weighted by atomic mass is 16.5. The van der Waals surface area contributed by atoms with E-state index in [0.717, 1.165) is 89.9 Å². The normalized spacial score (nSPS) is 12.9. The van der Waals surface area contributed by atoms with E-state index >= 15 is 0 Å². The van der Waals surface area contributed by atoms with Crippen LogP contribution in [0.2, 0.25) is 0 Å². The van der Waals surface area contributed by atoms with Gasteiger partial charge in [-0.2, -0.15) is 0 Å². The maximum Gasteiger partial charge on any atom is 0.322 e. The van der Waals surface area contributed by atoms with Gasteiger partial charge >= 0.3 is 11.9 Å². The molecular weight excluding hydrogens is 490 g/mol. The molecule has 6 heteroatoms.